The maximum atomic E-state index is 12.5. The SMILES string of the molecule is CC1CCCN(C(=O)N2CC3CCCNC3C2)C1. The molecule has 0 saturated carbocycles. The Morgan fingerprint density at radius 1 is 1.11 bits per heavy atom. The van der Waals surface area contributed by atoms with E-state index in [0.717, 1.165) is 32.7 Å². The van der Waals surface area contributed by atoms with Gasteiger partial charge in [-0.3, -0.25) is 0 Å². The summed E-state index contributed by atoms with van der Waals surface area (Å²) in [4.78, 5) is 16.7. The van der Waals surface area contributed by atoms with E-state index >= 15 is 0 Å². The average Bonchev–Trinajstić information content (AvgIpc) is 2.81. The monoisotopic (exact) mass is 251 g/mol. The molecule has 0 aromatic carbocycles. The second-order valence-electron chi connectivity index (χ2n) is 6.34. The van der Waals surface area contributed by atoms with Crippen molar-refractivity contribution in [1.82, 2.24) is 15.1 Å². The summed E-state index contributed by atoms with van der Waals surface area (Å²) in [6.45, 7) is 7.20. The lowest BCUT2D eigenvalue weighted by atomic mass is 9.94. The number of fused-ring (bicyclic) bond motifs is 1. The minimum absolute atomic E-state index is 0.290. The van der Waals surface area contributed by atoms with Gasteiger partial charge in [0.25, 0.3) is 0 Å². The Morgan fingerprint density at radius 3 is 2.78 bits per heavy atom. The molecule has 1 N–H and O–H groups in total. The summed E-state index contributed by atoms with van der Waals surface area (Å²) < 4.78 is 0. The smallest absolute Gasteiger partial charge is 0.320 e. The molecular weight excluding hydrogens is 226 g/mol. The van der Waals surface area contributed by atoms with Gasteiger partial charge in [-0.1, -0.05) is 6.92 Å². The zero-order valence-electron chi connectivity index (χ0n) is 11.4. The van der Waals surface area contributed by atoms with Gasteiger partial charge in [0, 0.05) is 32.2 Å². The molecule has 3 atom stereocenters. The zero-order valence-corrected chi connectivity index (χ0v) is 11.4. The van der Waals surface area contributed by atoms with Gasteiger partial charge in [-0.25, -0.2) is 4.79 Å². The average molecular weight is 251 g/mol. The Bertz CT molecular complexity index is 306. The van der Waals surface area contributed by atoms with Crippen molar-refractivity contribution >= 4 is 6.03 Å². The maximum absolute atomic E-state index is 12.5. The molecule has 3 unspecified atom stereocenters. The first-order valence-corrected chi connectivity index (χ1v) is 7.51. The molecule has 102 valence electrons. The van der Waals surface area contributed by atoms with Crippen molar-refractivity contribution in [2.45, 2.75) is 38.6 Å². The summed E-state index contributed by atoms with van der Waals surface area (Å²) in [5, 5.41) is 3.57. The van der Waals surface area contributed by atoms with Crippen LogP contribution in [0.15, 0.2) is 0 Å². The van der Waals surface area contributed by atoms with Crippen LogP contribution in [0, 0.1) is 11.8 Å². The van der Waals surface area contributed by atoms with Crippen LogP contribution < -0.4 is 5.32 Å². The summed E-state index contributed by atoms with van der Waals surface area (Å²) in [7, 11) is 0. The fourth-order valence-corrected chi connectivity index (χ4v) is 3.77. The molecule has 0 aliphatic carbocycles. The lowest BCUT2D eigenvalue weighted by molar-refractivity contribution is 0.137. The van der Waals surface area contributed by atoms with E-state index in [1.165, 1.54) is 25.7 Å². The molecule has 0 aromatic rings. The maximum Gasteiger partial charge on any atom is 0.320 e. The number of urea groups is 1. The number of hydrogen-bond donors (Lipinski definition) is 1. The number of amides is 2. The molecule has 3 aliphatic rings. The molecule has 3 heterocycles. The first-order chi connectivity index (χ1) is 8.74. The highest BCUT2D eigenvalue weighted by atomic mass is 16.2. The van der Waals surface area contributed by atoms with E-state index in [4.69, 9.17) is 0 Å². The number of hydrogen-bond acceptors (Lipinski definition) is 2. The van der Waals surface area contributed by atoms with Gasteiger partial charge < -0.3 is 15.1 Å². The lowest BCUT2D eigenvalue weighted by Crippen LogP contribution is -2.47. The van der Waals surface area contributed by atoms with Crippen LogP contribution in [0.5, 0.6) is 0 Å². The molecule has 3 aliphatic heterocycles. The third-order valence-corrected chi connectivity index (χ3v) is 4.80. The van der Waals surface area contributed by atoms with Crippen molar-refractivity contribution < 1.29 is 4.79 Å². The summed E-state index contributed by atoms with van der Waals surface area (Å²) in [6.07, 6.45) is 5.00. The van der Waals surface area contributed by atoms with Crippen LogP contribution in [0.1, 0.15) is 32.6 Å². The number of carbonyl (C=O) groups excluding carboxylic acids is 1. The van der Waals surface area contributed by atoms with E-state index in [-0.39, 0.29) is 6.03 Å². The van der Waals surface area contributed by atoms with E-state index in [9.17, 15) is 4.79 Å². The number of nitrogens with one attached hydrogen (secondary N) is 1. The first kappa shape index (κ1) is 12.3. The minimum atomic E-state index is 0.290. The largest absolute Gasteiger partial charge is 0.324 e. The molecule has 3 fully saturated rings. The second kappa shape index (κ2) is 5.08. The van der Waals surface area contributed by atoms with Gasteiger partial charge in [0.2, 0.25) is 0 Å². The van der Waals surface area contributed by atoms with Gasteiger partial charge in [0.1, 0.15) is 0 Å². The molecule has 3 rings (SSSR count). The molecule has 4 heteroatoms. The Hall–Kier alpha value is -0.770. The van der Waals surface area contributed by atoms with Crippen molar-refractivity contribution in [3.63, 3.8) is 0 Å². The molecule has 0 spiro atoms. The predicted molar refractivity (Wildman–Crippen MR) is 71.5 cm³/mol. The van der Waals surface area contributed by atoms with Crippen molar-refractivity contribution in [2.24, 2.45) is 11.8 Å². The van der Waals surface area contributed by atoms with Gasteiger partial charge in [0.15, 0.2) is 0 Å². The number of piperidine rings is 2. The van der Waals surface area contributed by atoms with Crippen molar-refractivity contribution in [2.75, 3.05) is 32.7 Å². The summed E-state index contributed by atoms with van der Waals surface area (Å²) in [5.74, 6) is 1.37. The quantitative estimate of drug-likeness (QED) is 0.708. The van der Waals surface area contributed by atoms with Crippen LogP contribution in [0.3, 0.4) is 0 Å². The minimum Gasteiger partial charge on any atom is -0.324 e. The van der Waals surface area contributed by atoms with E-state index < -0.39 is 0 Å². The number of rotatable bonds is 0. The van der Waals surface area contributed by atoms with E-state index in [0.29, 0.717) is 17.9 Å². The first-order valence-electron chi connectivity index (χ1n) is 7.51. The lowest BCUT2D eigenvalue weighted by Gasteiger charge is -2.34. The molecule has 3 saturated heterocycles. The van der Waals surface area contributed by atoms with E-state index in [1.807, 2.05) is 0 Å². The molecule has 2 amide bonds. The molecule has 4 nitrogen and oxygen atoms in total. The molecular formula is C14H25N3O. The highest BCUT2D eigenvalue weighted by molar-refractivity contribution is 5.75. The Morgan fingerprint density at radius 2 is 2.00 bits per heavy atom. The van der Waals surface area contributed by atoms with Gasteiger partial charge in [-0.2, -0.15) is 0 Å². The van der Waals surface area contributed by atoms with Crippen LogP contribution in [-0.4, -0.2) is 54.6 Å². The number of carbonyl (C=O) groups is 1. The van der Waals surface area contributed by atoms with Crippen LogP contribution >= 0.6 is 0 Å². The summed E-state index contributed by atoms with van der Waals surface area (Å²) >= 11 is 0. The van der Waals surface area contributed by atoms with Crippen LogP contribution in [0.2, 0.25) is 0 Å². The van der Waals surface area contributed by atoms with Crippen LogP contribution in [0.4, 0.5) is 4.79 Å². The Labute approximate surface area is 110 Å². The molecule has 0 radical (unpaired) electrons. The van der Waals surface area contributed by atoms with Crippen molar-refractivity contribution in [1.29, 1.82) is 0 Å². The van der Waals surface area contributed by atoms with Crippen molar-refractivity contribution in [3.8, 4) is 0 Å². The fraction of sp³-hybridized carbons (Fsp3) is 0.929. The third kappa shape index (κ3) is 2.35. The van der Waals surface area contributed by atoms with Gasteiger partial charge >= 0.3 is 6.03 Å². The zero-order chi connectivity index (χ0) is 12.5. The highest BCUT2D eigenvalue weighted by Gasteiger charge is 2.38. The van der Waals surface area contributed by atoms with E-state index in [2.05, 4.69) is 22.0 Å². The summed E-state index contributed by atoms with van der Waals surface area (Å²) in [5.41, 5.74) is 0. The van der Waals surface area contributed by atoms with Crippen LogP contribution in [0.25, 0.3) is 0 Å². The van der Waals surface area contributed by atoms with Gasteiger partial charge in [0.05, 0.1) is 0 Å². The topological polar surface area (TPSA) is 35.6 Å². The number of nitrogens with zero attached hydrogens (tertiary/aromatic N) is 2. The standard InChI is InChI=1S/C14H25N3O/c1-11-4-3-7-16(8-11)14(18)17-9-12-5-2-6-15-13(12)10-17/h11-13,15H,2-10H2,1H3. The van der Waals surface area contributed by atoms with E-state index in [1.54, 1.807) is 0 Å². The van der Waals surface area contributed by atoms with Gasteiger partial charge in [-0.05, 0) is 44.1 Å². The molecule has 18 heavy (non-hydrogen) atoms. The molecule has 0 aromatic heterocycles. The van der Waals surface area contributed by atoms with Crippen molar-refractivity contribution in [3.05, 3.63) is 0 Å². The second-order valence-corrected chi connectivity index (χ2v) is 6.34. The van der Waals surface area contributed by atoms with Gasteiger partial charge in [-0.15, -0.1) is 0 Å². The van der Waals surface area contributed by atoms with Crippen LogP contribution in [-0.2, 0) is 0 Å². The third-order valence-electron chi connectivity index (χ3n) is 4.80. The fourth-order valence-electron chi connectivity index (χ4n) is 3.77. The molecule has 0 bridgehead atoms. The predicted octanol–water partition coefficient (Wildman–Crippen LogP) is 1.52. The highest BCUT2D eigenvalue weighted by Crippen LogP contribution is 2.26. The Balaban J connectivity index is 1.59. The summed E-state index contributed by atoms with van der Waals surface area (Å²) in [6, 6.07) is 0.850. The Kier molecular flexibility index (Phi) is 3.46. The normalized spacial score (nSPS) is 36.6. The number of likely N-dealkylation sites (tertiary alicyclic amines) is 2.